The van der Waals surface area contributed by atoms with Crippen LogP contribution in [0.15, 0.2) is 54.2 Å². The van der Waals surface area contributed by atoms with Crippen LogP contribution in [0.2, 0.25) is 0 Å². The predicted octanol–water partition coefficient (Wildman–Crippen LogP) is 4.45. The third-order valence-electron chi connectivity index (χ3n) is 4.88. The van der Waals surface area contributed by atoms with E-state index in [0.717, 1.165) is 36.5 Å². The molecular formula is C21H18F3N3O2S. The zero-order valence-corrected chi connectivity index (χ0v) is 16.6. The Morgan fingerprint density at radius 2 is 1.57 bits per heavy atom. The molecule has 2 aromatic rings. The largest absolute Gasteiger partial charge is 0.573 e. The number of ether oxygens (including phenoxy) is 1. The highest BCUT2D eigenvalue weighted by Crippen LogP contribution is 2.28. The second-order valence-electron chi connectivity index (χ2n) is 6.96. The number of anilines is 2. The van der Waals surface area contributed by atoms with Crippen molar-refractivity contribution in [2.45, 2.75) is 19.2 Å². The van der Waals surface area contributed by atoms with E-state index in [1.807, 2.05) is 24.3 Å². The van der Waals surface area contributed by atoms with Crippen LogP contribution in [0, 0.1) is 0 Å². The third kappa shape index (κ3) is 4.40. The molecule has 5 nitrogen and oxygen atoms in total. The minimum atomic E-state index is -4.78. The number of carbonyl (C=O) groups excluding carboxylic acids is 1. The van der Waals surface area contributed by atoms with Gasteiger partial charge in [0.25, 0.3) is 5.91 Å². The van der Waals surface area contributed by atoms with E-state index in [-0.39, 0.29) is 16.8 Å². The van der Waals surface area contributed by atoms with Gasteiger partial charge in [0, 0.05) is 18.8 Å². The van der Waals surface area contributed by atoms with Crippen LogP contribution in [0.25, 0.3) is 6.08 Å². The number of thiocarbonyl (C=S) groups is 1. The number of amides is 1. The van der Waals surface area contributed by atoms with E-state index in [1.165, 1.54) is 29.9 Å². The van der Waals surface area contributed by atoms with Crippen molar-refractivity contribution in [3.05, 3.63) is 59.8 Å². The normalized spacial score (nSPS) is 18.3. The second kappa shape index (κ2) is 7.98. The van der Waals surface area contributed by atoms with Crippen molar-refractivity contribution in [2.75, 3.05) is 22.9 Å². The number of carbonyl (C=O) groups is 1. The lowest BCUT2D eigenvalue weighted by atomic mass is 10.1. The highest BCUT2D eigenvalue weighted by Gasteiger charge is 2.33. The molecule has 0 atom stereocenters. The molecule has 2 heterocycles. The molecule has 2 saturated heterocycles. The molecule has 4 rings (SSSR count). The molecule has 0 radical (unpaired) electrons. The van der Waals surface area contributed by atoms with Gasteiger partial charge in [-0.1, -0.05) is 12.1 Å². The molecule has 0 spiro atoms. The molecule has 0 aromatic heterocycles. The number of alkyl halides is 3. The van der Waals surface area contributed by atoms with E-state index in [9.17, 15) is 18.0 Å². The first-order valence-electron chi connectivity index (χ1n) is 9.38. The van der Waals surface area contributed by atoms with E-state index >= 15 is 0 Å². The molecule has 2 aliphatic heterocycles. The van der Waals surface area contributed by atoms with Gasteiger partial charge in [0.15, 0.2) is 5.11 Å². The minimum Gasteiger partial charge on any atom is -0.406 e. The van der Waals surface area contributed by atoms with Crippen molar-refractivity contribution >= 4 is 40.7 Å². The summed E-state index contributed by atoms with van der Waals surface area (Å²) in [6, 6.07) is 12.9. The fraction of sp³-hybridized carbons (Fsp3) is 0.238. The molecule has 1 N–H and O–H groups in total. The highest BCUT2D eigenvalue weighted by molar-refractivity contribution is 7.80. The summed E-state index contributed by atoms with van der Waals surface area (Å²) in [5.41, 5.74) is 2.63. The van der Waals surface area contributed by atoms with Crippen LogP contribution < -0.4 is 19.9 Å². The van der Waals surface area contributed by atoms with E-state index in [2.05, 4.69) is 15.0 Å². The number of rotatable bonds is 4. The standard InChI is InChI=1S/C21H18F3N3O2S/c22-21(23,24)29-17-9-7-16(8-10-17)27-19(28)18(25-20(27)30)13-14-3-5-15(6-4-14)26-11-1-2-12-26/h3-10,13H,1-2,11-12H2,(H,25,30)/b18-13+. The second-order valence-corrected chi connectivity index (χ2v) is 7.34. The summed E-state index contributed by atoms with van der Waals surface area (Å²) in [6.45, 7) is 2.10. The lowest BCUT2D eigenvalue weighted by molar-refractivity contribution is -0.274. The lowest BCUT2D eigenvalue weighted by Gasteiger charge is -2.17. The van der Waals surface area contributed by atoms with Gasteiger partial charge in [-0.15, -0.1) is 13.2 Å². The molecule has 30 heavy (non-hydrogen) atoms. The van der Waals surface area contributed by atoms with Crippen molar-refractivity contribution in [1.82, 2.24) is 5.32 Å². The van der Waals surface area contributed by atoms with E-state index in [0.29, 0.717) is 11.4 Å². The van der Waals surface area contributed by atoms with Gasteiger partial charge in [0.05, 0.1) is 5.69 Å². The number of hydrogen-bond donors (Lipinski definition) is 1. The summed E-state index contributed by atoms with van der Waals surface area (Å²) in [5.74, 6) is -0.751. The third-order valence-corrected chi connectivity index (χ3v) is 5.17. The Kier molecular flexibility index (Phi) is 5.38. The molecule has 2 fully saturated rings. The van der Waals surface area contributed by atoms with Gasteiger partial charge >= 0.3 is 6.36 Å². The van der Waals surface area contributed by atoms with E-state index < -0.39 is 6.36 Å². The number of halogens is 3. The van der Waals surface area contributed by atoms with Crippen LogP contribution >= 0.6 is 12.2 Å². The summed E-state index contributed by atoms with van der Waals surface area (Å²) in [6.07, 6.45) is -0.687. The van der Waals surface area contributed by atoms with Gasteiger partial charge in [0.2, 0.25) is 0 Å². The van der Waals surface area contributed by atoms with Crippen molar-refractivity contribution in [3.8, 4) is 5.75 Å². The zero-order chi connectivity index (χ0) is 21.3. The van der Waals surface area contributed by atoms with Gasteiger partial charge in [-0.25, -0.2) is 0 Å². The molecule has 0 unspecified atom stereocenters. The summed E-state index contributed by atoms with van der Waals surface area (Å²) < 4.78 is 40.8. The van der Waals surface area contributed by atoms with Crippen LogP contribution in [-0.2, 0) is 4.79 Å². The quantitative estimate of drug-likeness (QED) is 0.570. The van der Waals surface area contributed by atoms with Gasteiger partial charge < -0.3 is 15.0 Å². The first kappa shape index (κ1) is 20.2. The van der Waals surface area contributed by atoms with Gasteiger partial charge in [0.1, 0.15) is 11.4 Å². The molecule has 0 aliphatic carbocycles. The average molecular weight is 433 g/mol. The monoisotopic (exact) mass is 433 g/mol. The SMILES string of the molecule is O=C1/C(=C\c2ccc(N3CCCC3)cc2)NC(=S)N1c1ccc(OC(F)(F)F)cc1. The lowest BCUT2D eigenvalue weighted by Crippen LogP contribution is -2.30. The maximum Gasteiger partial charge on any atom is 0.573 e. The maximum atomic E-state index is 12.8. The zero-order valence-electron chi connectivity index (χ0n) is 15.8. The molecule has 0 saturated carbocycles. The molecule has 1 amide bonds. The predicted molar refractivity (Wildman–Crippen MR) is 112 cm³/mol. The number of nitrogens with one attached hydrogen (secondary N) is 1. The topological polar surface area (TPSA) is 44.8 Å². The molecule has 156 valence electrons. The number of nitrogens with zero attached hydrogens (tertiary/aromatic N) is 2. The average Bonchev–Trinajstić information content (AvgIpc) is 3.31. The van der Waals surface area contributed by atoms with Gasteiger partial charge in [-0.05, 0) is 73.1 Å². The molecule has 9 heteroatoms. The van der Waals surface area contributed by atoms with Crippen LogP contribution in [0.4, 0.5) is 24.5 Å². The van der Waals surface area contributed by atoms with Crippen LogP contribution in [-0.4, -0.2) is 30.5 Å². The summed E-state index contributed by atoms with van der Waals surface area (Å²) in [7, 11) is 0. The number of hydrogen-bond acceptors (Lipinski definition) is 4. The van der Waals surface area contributed by atoms with E-state index in [4.69, 9.17) is 12.2 Å². The van der Waals surface area contributed by atoms with Crippen LogP contribution in [0.3, 0.4) is 0 Å². The van der Waals surface area contributed by atoms with Crippen molar-refractivity contribution in [2.24, 2.45) is 0 Å². The molecule has 0 bridgehead atoms. The Morgan fingerprint density at radius 3 is 2.17 bits per heavy atom. The Morgan fingerprint density at radius 1 is 0.967 bits per heavy atom. The Bertz CT molecular complexity index is 982. The van der Waals surface area contributed by atoms with Crippen molar-refractivity contribution in [1.29, 1.82) is 0 Å². The fourth-order valence-electron chi connectivity index (χ4n) is 3.49. The smallest absolute Gasteiger partial charge is 0.406 e. The van der Waals surface area contributed by atoms with Gasteiger partial charge in [-0.2, -0.15) is 0 Å². The summed E-state index contributed by atoms with van der Waals surface area (Å²) in [5, 5.41) is 3.03. The Labute approximate surface area is 176 Å². The highest BCUT2D eigenvalue weighted by atomic mass is 32.1. The Hall–Kier alpha value is -3.07. The summed E-state index contributed by atoms with van der Waals surface area (Å²) >= 11 is 5.24. The van der Waals surface area contributed by atoms with Crippen molar-refractivity contribution in [3.63, 3.8) is 0 Å². The molecule has 2 aromatic carbocycles. The number of benzene rings is 2. The first-order valence-corrected chi connectivity index (χ1v) is 9.79. The molecular weight excluding hydrogens is 415 g/mol. The minimum absolute atomic E-state index is 0.157. The maximum absolute atomic E-state index is 12.8. The van der Waals surface area contributed by atoms with E-state index in [1.54, 1.807) is 6.08 Å². The summed E-state index contributed by atoms with van der Waals surface area (Å²) in [4.78, 5) is 16.4. The van der Waals surface area contributed by atoms with Gasteiger partial charge in [-0.3, -0.25) is 9.69 Å². The van der Waals surface area contributed by atoms with Crippen LogP contribution in [0.5, 0.6) is 5.75 Å². The molecule has 2 aliphatic rings. The first-order chi connectivity index (χ1) is 14.3. The fourth-order valence-corrected chi connectivity index (χ4v) is 3.79. The Balaban J connectivity index is 1.49. The van der Waals surface area contributed by atoms with Crippen molar-refractivity contribution < 1.29 is 22.7 Å². The van der Waals surface area contributed by atoms with Crippen LogP contribution in [0.1, 0.15) is 18.4 Å².